The maximum Gasteiger partial charge on any atom is 0.356 e. The molecule has 26 heavy (non-hydrogen) atoms. The van der Waals surface area contributed by atoms with E-state index in [1.807, 2.05) is 54.6 Å². The molecule has 0 bridgehead atoms. The van der Waals surface area contributed by atoms with Gasteiger partial charge in [0.1, 0.15) is 6.04 Å². The summed E-state index contributed by atoms with van der Waals surface area (Å²) in [5.74, 6) is -1.40. The zero-order valence-electron chi connectivity index (χ0n) is 14.0. The number of anilines is 1. The van der Waals surface area contributed by atoms with Crippen molar-refractivity contribution in [2.75, 3.05) is 5.32 Å². The Balaban J connectivity index is 1.75. The number of amides is 1. The number of carboxylic acids is 1. The van der Waals surface area contributed by atoms with Crippen molar-refractivity contribution in [3.05, 3.63) is 72.6 Å². The molecule has 7 heteroatoms. The van der Waals surface area contributed by atoms with E-state index in [4.69, 9.17) is 5.11 Å². The highest BCUT2D eigenvalue weighted by Crippen LogP contribution is 2.33. The van der Waals surface area contributed by atoms with Crippen LogP contribution < -0.4 is 5.32 Å². The number of rotatable bonds is 6. The summed E-state index contributed by atoms with van der Waals surface area (Å²) in [4.78, 5) is 25.5. The van der Waals surface area contributed by atoms with Gasteiger partial charge in [-0.05, 0) is 37.3 Å². The van der Waals surface area contributed by atoms with E-state index >= 15 is 0 Å². The minimum absolute atomic E-state index is 0.0929. The number of hydrogen-bond donors (Lipinski definition) is 2. The van der Waals surface area contributed by atoms with Gasteiger partial charge in [-0.1, -0.05) is 42.1 Å². The van der Waals surface area contributed by atoms with E-state index in [-0.39, 0.29) is 11.6 Å². The van der Waals surface area contributed by atoms with Crippen LogP contribution in [-0.4, -0.2) is 26.8 Å². The first-order chi connectivity index (χ1) is 12.5. The van der Waals surface area contributed by atoms with Crippen molar-refractivity contribution < 1.29 is 14.7 Å². The van der Waals surface area contributed by atoms with Crippen LogP contribution in [0.1, 0.15) is 23.5 Å². The van der Waals surface area contributed by atoms with Crippen LogP contribution in [0.2, 0.25) is 0 Å². The predicted octanol–water partition coefficient (Wildman–Crippen LogP) is 3.93. The fraction of sp³-hybridized carbons (Fsp3) is 0.105. The van der Waals surface area contributed by atoms with Crippen LogP contribution in [0.15, 0.2) is 76.7 Å². The first-order valence-corrected chi connectivity index (χ1v) is 8.77. The maximum atomic E-state index is 12.6. The molecule has 1 amide bonds. The number of nitrogens with zero attached hydrogens (tertiary/aromatic N) is 2. The number of aromatic nitrogens is 2. The fourth-order valence-electron chi connectivity index (χ4n) is 2.30. The van der Waals surface area contributed by atoms with Crippen LogP contribution in [-0.2, 0) is 4.79 Å². The van der Waals surface area contributed by atoms with Gasteiger partial charge < -0.3 is 10.4 Å². The molecule has 3 rings (SSSR count). The molecule has 132 valence electrons. The van der Waals surface area contributed by atoms with E-state index in [2.05, 4.69) is 10.4 Å². The predicted molar refractivity (Wildman–Crippen MR) is 99.5 cm³/mol. The molecule has 2 aromatic carbocycles. The molecule has 0 saturated heterocycles. The lowest BCUT2D eigenvalue weighted by Crippen LogP contribution is -2.24. The summed E-state index contributed by atoms with van der Waals surface area (Å²) >= 11 is 1.56. The lowest BCUT2D eigenvalue weighted by atomic mass is 10.2. The van der Waals surface area contributed by atoms with Crippen LogP contribution in [0, 0.1) is 0 Å². The zero-order chi connectivity index (χ0) is 18.5. The van der Waals surface area contributed by atoms with Crippen molar-refractivity contribution >= 4 is 29.3 Å². The van der Waals surface area contributed by atoms with Crippen LogP contribution in [0.3, 0.4) is 0 Å². The molecule has 2 N–H and O–H groups in total. The van der Waals surface area contributed by atoms with Gasteiger partial charge in [-0.3, -0.25) is 9.48 Å². The Morgan fingerprint density at radius 1 is 1.08 bits per heavy atom. The van der Waals surface area contributed by atoms with Crippen LogP contribution in [0.4, 0.5) is 5.69 Å². The summed E-state index contributed by atoms with van der Waals surface area (Å²) in [5.41, 5.74) is 0.605. The first kappa shape index (κ1) is 17.8. The standard InChI is InChI=1S/C19H17N3O3S/c1-13(22-12-11-16(21-22)19(24)25)18(23)20-15-9-5-6-10-17(15)26-14-7-3-2-4-8-14/h2-13H,1H3,(H,20,23)(H,24,25). The highest BCUT2D eigenvalue weighted by molar-refractivity contribution is 7.99. The van der Waals surface area contributed by atoms with Gasteiger partial charge in [0.25, 0.3) is 0 Å². The van der Waals surface area contributed by atoms with Crippen molar-refractivity contribution in [1.29, 1.82) is 0 Å². The lowest BCUT2D eigenvalue weighted by Gasteiger charge is -2.15. The number of hydrogen-bond acceptors (Lipinski definition) is 4. The Bertz CT molecular complexity index is 925. The highest BCUT2D eigenvalue weighted by Gasteiger charge is 2.19. The average Bonchev–Trinajstić information content (AvgIpc) is 3.14. The van der Waals surface area contributed by atoms with Crippen molar-refractivity contribution in [3.63, 3.8) is 0 Å². The van der Waals surface area contributed by atoms with E-state index in [0.29, 0.717) is 5.69 Å². The van der Waals surface area contributed by atoms with Crippen molar-refractivity contribution in [1.82, 2.24) is 9.78 Å². The number of carbonyl (C=O) groups is 2. The van der Waals surface area contributed by atoms with E-state index < -0.39 is 12.0 Å². The minimum atomic E-state index is -1.12. The molecule has 0 fully saturated rings. The van der Waals surface area contributed by atoms with Gasteiger partial charge in [-0.15, -0.1) is 0 Å². The Hall–Kier alpha value is -3.06. The molecule has 1 atom stereocenters. The van der Waals surface area contributed by atoms with Gasteiger partial charge in [0, 0.05) is 16.0 Å². The summed E-state index contributed by atoms with van der Waals surface area (Å²) < 4.78 is 1.34. The number of carboxylic acid groups (broad SMARTS) is 1. The molecule has 0 spiro atoms. The number of nitrogens with one attached hydrogen (secondary N) is 1. The molecule has 0 radical (unpaired) electrons. The molecule has 1 aromatic heterocycles. The maximum absolute atomic E-state index is 12.6. The van der Waals surface area contributed by atoms with Gasteiger partial charge in [-0.25, -0.2) is 4.79 Å². The molecule has 3 aromatic rings. The Labute approximate surface area is 154 Å². The van der Waals surface area contributed by atoms with Crippen molar-refractivity contribution in [2.24, 2.45) is 0 Å². The summed E-state index contributed by atoms with van der Waals surface area (Å²) in [6.45, 7) is 1.67. The lowest BCUT2D eigenvalue weighted by molar-refractivity contribution is -0.119. The second-order valence-corrected chi connectivity index (χ2v) is 6.68. The molecule has 0 saturated carbocycles. The van der Waals surface area contributed by atoms with Gasteiger partial charge >= 0.3 is 5.97 Å². The quantitative estimate of drug-likeness (QED) is 0.689. The summed E-state index contributed by atoms with van der Waals surface area (Å²) in [5, 5.41) is 15.8. The smallest absolute Gasteiger partial charge is 0.356 e. The average molecular weight is 367 g/mol. The molecule has 0 aliphatic carbocycles. The van der Waals surface area contributed by atoms with Gasteiger partial charge in [-0.2, -0.15) is 5.10 Å². The first-order valence-electron chi connectivity index (χ1n) is 7.96. The molecule has 6 nitrogen and oxygen atoms in total. The van der Waals surface area contributed by atoms with Crippen molar-refractivity contribution in [3.8, 4) is 0 Å². The van der Waals surface area contributed by atoms with Gasteiger partial charge in [0.05, 0.1) is 5.69 Å². The fourth-order valence-corrected chi connectivity index (χ4v) is 3.22. The highest BCUT2D eigenvalue weighted by atomic mass is 32.2. The molecular weight excluding hydrogens is 350 g/mol. The number of para-hydroxylation sites is 1. The van der Waals surface area contributed by atoms with Crippen molar-refractivity contribution in [2.45, 2.75) is 22.8 Å². The molecule has 0 aliphatic rings. The van der Waals surface area contributed by atoms with Gasteiger partial charge in [0.15, 0.2) is 5.69 Å². The number of benzene rings is 2. The number of aromatic carboxylic acids is 1. The molecule has 1 unspecified atom stereocenters. The van der Waals surface area contributed by atoms with E-state index in [1.165, 1.54) is 16.9 Å². The SMILES string of the molecule is CC(C(=O)Nc1ccccc1Sc1ccccc1)n1ccc(C(=O)O)n1. The largest absolute Gasteiger partial charge is 0.476 e. The van der Waals surface area contributed by atoms with Crippen LogP contribution in [0.5, 0.6) is 0 Å². The number of carbonyl (C=O) groups excluding carboxylic acids is 1. The Morgan fingerprint density at radius 3 is 2.46 bits per heavy atom. The van der Waals surface area contributed by atoms with Crippen LogP contribution >= 0.6 is 11.8 Å². The third kappa shape index (κ3) is 4.12. The second-order valence-electron chi connectivity index (χ2n) is 5.56. The molecule has 1 heterocycles. The minimum Gasteiger partial charge on any atom is -0.476 e. The van der Waals surface area contributed by atoms with Crippen LogP contribution in [0.25, 0.3) is 0 Å². The van der Waals surface area contributed by atoms with E-state index in [9.17, 15) is 9.59 Å². The Morgan fingerprint density at radius 2 is 1.77 bits per heavy atom. The second kappa shape index (κ2) is 7.88. The Kier molecular flexibility index (Phi) is 5.38. The summed E-state index contributed by atoms with van der Waals surface area (Å²) in [7, 11) is 0. The molecular formula is C19H17N3O3S. The summed E-state index contributed by atoms with van der Waals surface area (Å²) in [6, 6.07) is 18.1. The van der Waals surface area contributed by atoms with E-state index in [0.717, 1.165) is 9.79 Å². The monoisotopic (exact) mass is 367 g/mol. The summed E-state index contributed by atoms with van der Waals surface area (Å²) in [6.07, 6.45) is 1.48. The molecule has 0 aliphatic heterocycles. The topological polar surface area (TPSA) is 84.2 Å². The van der Waals surface area contributed by atoms with E-state index in [1.54, 1.807) is 18.7 Å². The zero-order valence-corrected chi connectivity index (χ0v) is 14.8. The third-order valence-corrected chi connectivity index (χ3v) is 4.80. The normalized spacial score (nSPS) is 11.7. The van der Waals surface area contributed by atoms with Gasteiger partial charge in [0.2, 0.25) is 5.91 Å². The third-order valence-electron chi connectivity index (χ3n) is 3.72.